The Labute approximate surface area is 84.5 Å². The van der Waals surface area contributed by atoms with Crippen LogP contribution in [0.2, 0.25) is 0 Å². The van der Waals surface area contributed by atoms with E-state index in [0.29, 0.717) is 0 Å². The maximum atomic E-state index is 10.1. The van der Waals surface area contributed by atoms with Crippen molar-refractivity contribution in [3.8, 4) is 5.75 Å². The molecule has 2 aromatic rings. The molecule has 0 unspecified atom stereocenters. The van der Waals surface area contributed by atoms with Crippen molar-refractivity contribution in [1.82, 2.24) is 4.98 Å². The molecule has 0 saturated carbocycles. The van der Waals surface area contributed by atoms with E-state index in [2.05, 4.69) is 10.2 Å². The second-order valence-corrected chi connectivity index (χ2v) is 3.84. The second kappa shape index (κ2) is 3.71. The van der Waals surface area contributed by atoms with Gasteiger partial charge in [0.1, 0.15) is 17.3 Å². The summed E-state index contributed by atoms with van der Waals surface area (Å²) in [6.45, 7) is 0.141. The third kappa shape index (κ3) is 1.58. The minimum absolute atomic E-state index is 0.141. The van der Waals surface area contributed by atoms with Gasteiger partial charge in [0, 0.05) is 0 Å². The predicted molar refractivity (Wildman–Crippen MR) is 55.7 cm³/mol. The Morgan fingerprint density at radius 1 is 1.57 bits per heavy atom. The fraction of sp³-hybridized carbons (Fsp3) is 0.222. The number of hydrogen-bond acceptors (Lipinski definition) is 5. The Morgan fingerprint density at radius 3 is 3.14 bits per heavy atom. The largest absolute Gasteiger partial charge is 0.497 e. The van der Waals surface area contributed by atoms with Crippen LogP contribution in [0.15, 0.2) is 23.4 Å². The van der Waals surface area contributed by atoms with Gasteiger partial charge in [-0.2, -0.15) is 4.91 Å². The summed E-state index contributed by atoms with van der Waals surface area (Å²) >= 11 is 1.47. The highest BCUT2D eigenvalue weighted by Gasteiger charge is 2.04. The van der Waals surface area contributed by atoms with E-state index in [1.807, 2.05) is 18.2 Å². The van der Waals surface area contributed by atoms with Crippen LogP contribution in [0.3, 0.4) is 0 Å². The molecule has 0 aliphatic carbocycles. The molecule has 0 amide bonds. The molecule has 14 heavy (non-hydrogen) atoms. The van der Waals surface area contributed by atoms with Gasteiger partial charge in [0.25, 0.3) is 0 Å². The minimum Gasteiger partial charge on any atom is -0.497 e. The number of benzene rings is 1. The maximum Gasteiger partial charge on any atom is 0.133 e. The fourth-order valence-corrected chi connectivity index (χ4v) is 2.11. The van der Waals surface area contributed by atoms with E-state index >= 15 is 0 Å². The van der Waals surface area contributed by atoms with Crippen molar-refractivity contribution in [2.24, 2.45) is 5.18 Å². The van der Waals surface area contributed by atoms with Crippen molar-refractivity contribution < 1.29 is 4.74 Å². The molecule has 0 bridgehead atoms. The third-order valence-electron chi connectivity index (χ3n) is 1.84. The summed E-state index contributed by atoms with van der Waals surface area (Å²) in [7, 11) is 1.62. The normalized spacial score (nSPS) is 10.4. The van der Waals surface area contributed by atoms with E-state index in [-0.39, 0.29) is 6.54 Å². The van der Waals surface area contributed by atoms with Crippen LogP contribution in [-0.2, 0) is 6.54 Å². The van der Waals surface area contributed by atoms with E-state index in [1.165, 1.54) is 11.3 Å². The molecule has 1 aromatic carbocycles. The van der Waals surface area contributed by atoms with Crippen molar-refractivity contribution in [2.45, 2.75) is 6.54 Å². The Kier molecular flexibility index (Phi) is 2.41. The molecule has 0 aliphatic heterocycles. The van der Waals surface area contributed by atoms with Crippen LogP contribution >= 0.6 is 11.3 Å². The number of nitroso groups, excluding NO2 is 1. The number of hydrogen-bond donors (Lipinski definition) is 0. The zero-order valence-electron chi connectivity index (χ0n) is 7.56. The zero-order valence-corrected chi connectivity index (χ0v) is 8.37. The first kappa shape index (κ1) is 9.08. The van der Waals surface area contributed by atoms with E-state index in [1.54, 1.807) is 7.11 Å². The van der Waals surface area contributed by atoms with Gasteiger partial charge in [-0.25, -0.2) is 4.98 Å². The Balaban J connectivity index is 2.48. The predicted octanol–water partition coefficient (Wildman–Crippen LogP) is 2.57. The highest BCUT2D eigenvalue weighted by Crippen LogP contribution is 2.26. The molecule has 0 spiro atoms. The lowest BCUT2D eigenvalue weighted by Crippen LogP contribution is -1.80. The molecule has 4 nitrogen and oxygen atoms in total. The molecule has 1 aromatic heterocycles. The SMILES string of the molecule is COc1ccc2nc(CN=O)sc2c1. The van der Waals surface area contributed by atoms with E-state index < -0.39 is 0 Å². The minimum atomic E-state index is 0.141. The highest BCUT2D eigenvalue weighted by molar-refractivity contribution is 7.18. The summed E-state index contributed by atoms with van der Waals surface area (Å²) < 4.78 is 6.10. The number of rotatable bonds is 3. The smallest absolute Gasteiger partial charge is 0.133 e. The van der Waals surface area contributed by atoms with Gasteiger partial charge >= 0.3 is 0 Å². The fourth-order valence-electron chi connectivity index (χ4n) is 1.20. The van der Waals surface area contributed by atoms with Crippen LogP contribution in [-0.4, -0.2) is 12.1 Å². The summed E-state index contributed by atoms with van der Waals surface area (Å²) in [5, 5.41) is 3.55. The van der Waals surface area contributed by atoms with Gasteiger partial charge in [-0.1, -0.05) is 5.18 Å². The topological polar surface area (TPSA) is 51.6 Å². The van der Waals surface area contributed by atoms with Crippen molar-refractivity contribution >= 4 is 21.6 Å². The lowest BCUT2D eigenvalue weighted by Gasteiger charge is -1.96. The third-order valence-corrected chi connectivity index (χ3v) is 2.84. The van der Waals surface area contributed by atoms with Crippen molar-refractivity contribution in [3.63, 3.8) is 0 Å². The number of nitrogens with zero attached hydrogens (tertiary/aromatic N) is 2. The molecular formula is C9H8N2O2S. The second-order valence-electron chi connectivity index (χ2n) is 2.73. The van der Waals surface area contributed by atoms with Gasteiger partial charge in [0.05, 0.1) is 17.3 Å². The van der Waals surface area contributed by atoms with E-state index in [0.717, 1.165) is 21.0 Å². The molecule has 0 fully saturated rings. The van der Waals surface area contributed by atoms with E-state index in [9.17, 15) is 4.91 Å². The standard InChI is InChI=1S/C9H8N2O2S/c1-13-6-2-3-7-8(4-6)14-9(11-7)5-10-12/h2-4H,5H2,1H3. The van der Waals surface area contributed by atoms with Gasteiger partial charge in [-0.05, 0) is 18.2 Å². The average molecular weight is 208 g/mol. The van der Waals surface area contributed by atoms with Crippen LogP contribution in [0.1, 0.15) is 5.01 Å². The molecule has 0 N–H and O–H groups in total. The number of methoxy groups -OCH3 is 1. The van der Waals surface area contributed by atoms with Crippen LogP contribution in [0, 0.1) is 4.91 Å². The summed E-state index contributed by atoms with van der Waals surface area (Å²) in [6.07, 6.45) is 0. The molecule has 72 valence electrons. The lowest BCUT2D eigenvalue weighted by molar-refractivity contribution is 0.415. The summed E-state index contributed by atoms with van der Waals surface area (Å²) in [5.74, 6) is 0.798. The monoisotopic (exact) mass is 208 g/mol. The van der Waals surface area contributed by atoms with Crippen molar-refractivity contribution in [1.29, 1.82) is 0 Å². The Hall–Kier alpha value is -1.49. The molecule has 5 heteroatoms. The molecule has 1 heterocycles. The molecule has 0 saturated heterocycles. The van der Waals surface area contributed by atoms with Gasteiger partial charge < -0.3 is 4.74 Å². The molecule has 0 aliphatic rings. The van der Waals surface area contributed by atoms with Gasteiger partial charge in [0.2, 0.25) is 0 Å². The number of ether oxygens (including phenoxy) is 1. The number of aromatic nitrogens is 1. The highest BCUT2D eigenvalue weighted by atomic mass is 32.1. The summed E-state index contributed by atoms with van der Waals surface area (Å²) in [6, 6.07) is 5.63. The first-order valence-electron chi connectivity index (χ1n) is 4.06. The molecular weight excluding hydrogens is 200 g/mol. The van der Waals surface area contributed by atoms with Gasteiger partial charge in [0.15, 0.2) is 0 Å². The van der Waals surface area contributed by atoms with Crippen LogP contribution in [0.25, 0.3) is 10.2 Å². The first-order chi connectivity index (χ1) is 6.83. The number of fused-ring (bicyclic) bond motifs is 1. The zero-order chi connectivity index (χ0) is 9.97. The maximum absolute atomic E-state index is 10.1. The van der Waals surface area contributed by atoms with Crippen molar-refractivity contribution in [2.75, 3.05) is 7.11 Å². The van der Waals surface area contributed by atoms with Crippen LogP contribution in [0.4, 0.5) is 0 Å². The Morgan fingerprint density at radius 2 is 2.43 bits per heavy atom. The molecule has 0 atom stereocenters. The van der Waals surface area contributed by atoms with Crippen LogP contribution < -0.4 is 4.74 Å². The quantitative estimate of drug-likeness (QED) is 0.728. The first-order valence-corrected chi connectivity index (χ1v) is 4.87. The summed E-state index contributed by atoms with van der Waals surface area (Å²) in [5.41, 5.74) is 0.884. The lowest BCUT2D eigenvalue weighted by atomic mass is 10.3. The van der Waals surface area contributed by atoms with Crippen LogP contribution in [0.5, 0.6) is 5.75 Å². The van der Waals surface area contributed by atoms with Gasteiger partial charge in [-0.15, -0.1) is 11.3 Å². The molecule has 2 rings (SSSR count). The summed E-state index contributed by atoms with van der Waals surface area (Å²) in [4.78, 5) is 14.3. The number of thiazole rings is 1. The van der Waals surface area contributed by atoms with Gasteiger partial charge in [-0.3, -0.25) is 0 Å². The average Bonchev–Trinajstić information content (AvgIpc) is 2.59. The molecule has 0 radical (unpaired) electrons. The van der Waals surface area contributed by atoms with Crippen molar-refractivity contribution in [3.05, 3.63) is 28.1 Å². The van der Waals surface area contributed by atoms with E-state index in [4.69, 9.17) is 4.74 Å². The Bertz CT molecular complexity index is 467.